The van der Waals surface area contributed by atoms with Gasteiger partial charge in [-0.3, -0.25) is 14.7 Å². The van der Waals surface area contributed by atoms with Gasteiger partial charge in [0.05, 0.1) is 5.38 Å². The lowest BCUT2D eigenvalue weighted by atomic mass is 10.3. The number of carbonyl (C=O) groups is 1. The van der Waals surface area contributed by atoms with Gasteiger partial charge in [-0.2, -0.15) is 0 Å². The van der Waals surface area contributed by atoms with E-state index in [1.54, 1.807) is 17.3 Å². The third-order valence-electron chi connectivity index (χ3n) is 2.65. The maximum Gasteiger partial charge on any atom is 0.230 e. The molecule has 0 spiro atoms. The zero-order chi connectivity index (χ0) is 12.5. The zero-order valence-corrected chi connectivity index (χ0v) is 10.9. The SMILES string of the molecule is O=C1CC(Cl)CN1c1nnc(-c2ccncc2)s1. The molecule has 7 heteroatoms. The summed E-state index contributed by atoms with van der Waals surface area (Å²) in [6.07, 6.45) is 3.77. The molecule has 5 nitrogen and oxygen atoms in total. The smallest absolute Gasteiger partial charge is 0.230 e. The van der Waals surface area contributed by atoms with Crippen LogP contribution in [0.4, 0.5) is 5.13 Å². The number of aromatic nitrogens is 3. The molecule has 0 saturated carbocycles. The van der Waals surface area contributed by atoms with Crippen LogP contribution in [0, 0.1) is 0 Å². The summed E-state index contributed by atoms with van der Waals surface area (Å²) in [6, 6.07) is 3.72. The molecule has 0 bridgehead atoms. The molecule has 92 valence electrons. The Kier molecular flexibility index (Phi) is 2.97. The van der Waals surface area contributed by atoms with Gasteiger partial charge in [-0.15, -0.1) is 21.8 Å². The Morgan fingerprint density at radius 3 is 2.78 bits per heavy atom. The van der Waals surface area contributed by atoms with E-state index in [0.29, 0.717) is 18.1 Å². The van der Waals surface area contributed by atoms with Crippen LogP contribution in [-0.2, 0) is 4.79 Å². The lowest BCUT2D eigenvalue weighted by molar-refractivity contribution is -0.117. The summed E-state index contributed by atoms with van der Waals surface area (Å²) in [5.74, 6) is 0.00688. The quantitative estimate of drug-likeness (QED) is 0.789. The van der Waals surface area contributed by atoms with Crippen molar-refractivity contribution in [3.8, 4) is 10.6 Å². The van der Waals surface area contributed by atoms with Gasteiger partial charge >= 0.3 is 0 Å². The van der Waals surface area contributed by atoms with Gasteiger partial charge in [0.25, 0.3) is 0 Å². The molecule has 1 amide bonds. The Bertz CT molecular complexity index is 573. The maximum atomic E-state index is 11.7. The van der Waals surface area contributed by atoms with E-state index in [2.05, 4.69) is 15.2 Å². The molecule has 1 aliphatic rings. The van der Waals surface area contributed by atoms with Crippen LogP contribution in [0.3, 0.4) is 0 Å². The van der Waals surface area contributed by atoms with E-state index >= 15 is 0 Å². The molecule has 1 fully saturated rings. The van der Waals surface area contributed by atoms with Crippen molar-refractivity contribution in [1.82, 2.24) is 15.2 Å². The van der Waals surface area contributed by atoms with Gasteiger partial charge in [-0.1, -0.05) is 11.3 Å². The fraction of sp³-hybridized carbons (Fsp3) is 0.273. The number of rotatable bonds is 2. The molecule has 1 aliphatic heterocycles. The van der Waals surface area contributed by atoms with Gasteiger partial charge < -0.3 is 0 Å². The number of alkyl halides is 1. The predicted molar refractivity (Wildman–Crippen MR) is 69.8 cm³/mol. The molecule has 3 rings (SSSR count). The molecule has 2 aromatic heterocycles. The number of anilines is 1. The van der Waals surface area contributed by atoms with Crippen LogP contribution in [0.2, 0.25) is 0 Å². The minimum Gasteiger partial charge on any atom is -0.285 e. The average molecular weight is 281 g/mol. The third-order valence-corrected chi connectivity index (χ3v) is 3.94. The highest BCUT2D eigenvalue weighted by Gasteiger charge is 2.31. The van der Waals surface area contributed by atoms with Crippen LogP contribution in [0.1, 0.15) is 6.42 Å². The van der Waals surface area contributed by atoms with Crippen LogP contribution in [0.5, 0.6) is 0 Å². The van der Waals surface area contributed by atoms with E-state index in [1.807, 2.05) is 12.1 Å². The Morgan fingerprint density at radius 2 is 2.11 bits per heavy atom. The van der Waals surface area contributed by atoms with Crippen LogP contribution in [0.25, 0.3) is 10.6 Å². The molecule has 0 N–H and O–H groups in total. The van der Waals surface area contributed by atoms with E-state index in [0.717, 1.165) is 10.6 Å². The Hall–Kier alpha value is -1.53. The molecule has 0 aromatic carbocycles. The van der Waals surface area contributed by atoms with Gasteiger partial charge in [0.15, 0.2) is 0 Å². The monoisotopic (exact) mass is 280 g/mol. The number of carbonyl (C=O) groups excluding carboxylic acids is 1. The summed E-state index contributed by atoms with van der Waals surface area (Å²) in [7, 11) is 0. The Balaban J connectivity index is 1.88. The highest BCUT2D eigenvalue weighted by atomic mass is 35.5. The lowest BCUT2D eigenvalue weighted by Gasteiger charge is -2.09. The predicted octanol–water partition coefficient (Wildman–Crippen LogP) is 1.94. The Morgan fingerprint density at radius 1 is 1.33 bits per heavy atom. The van der Waals surface area contributed by atoms with E-state index in [4.69, 9.17) is 11.6 Å². The molecule has 1 atom stereocenters. The van der Waals surface area contributed by atoms with Gasteiger partial charge in [0.2, 0.25) is 11.0 Å². The molecule has 3 heterocycles. The van der Waals surface area contributed by atoms with Gasteiger partial charge in [0.1, 0.15) is 5.01 Å². The summed E-state index contributed by atoms with van der Waals surface area (Å²) < 4.78 is 0. The summed E-state index contributed by atoms with van der Waals surface area (Å²) in [6.45, 7) is 0.505. The Labute approximate surface area is 112 Å². The van der Waals surface area contributed by atoms with Crippen molar-refractivity contribution in [3.05, 3.63) is 24.5 Å². The van der Waals surface area contributed by atoms with E-state index in [1.165, 1.54) is 11.3 Å². The van der Waals surface area contributed by atoms with Crippen molar-refractivity contribution in [1.29, 1.82) is 0 Å². The van der Waals surface area contributed by atoms with Gasteiger partial charge in [-0.05, 0) is 12.1 Å². The summed E-state index contributed by atoms with van der Waals surface area (Å²) in [5, 5.41) is 9.40. The van der Waals surface area contributed by atoms with Crippen LogP contribution in [0.15, 0.2) is 24.5 Å². The summed E-state index contributed by atoms with van der Waals surface area (Å²) >= 11 is 7.35. The third kappa shape index (κ3) is 2.09. The second kappa shape index (κ2) is 4.62. The first kappa shape index (κ1) is 11.6. The normalized spacial score (nSPS) is 19.5. The zero-order valence-electron chi connectivity index (χ0n) is 9.28. The van der Waals surface area contributed by atoms with Crippen LogP contribution >= 0.6 is 22.9 Å². The minimum absolute atomic E-state index is 0.00688. The second-order valence-corrected chi connectivity index (χ2v) is 5.50. The molecule has 0 aliphatic carbocycles. The first-order valence-electron chi connectivity index (χ1n) is 5.42. The van der Waals surface area contributed by atoms with Crippen molar-refractivity contribution in [2.75, 3.05) is 11.4 Å². The largest absolute Gasteiger partial charge is 0.285 e. The molecule has 1 saturated heterocycles. The minimum atomic E-state index is -0.134. The number of halogens is 1. The number of nitrogens with zero attached hydrogens (tertiary/aromatic N) is 4. The summed E-state index contributed by atoms with van der Waals surface area (Å²) in [5.41, 5.74) is 0.947. The van der Waals surface area contributed by atoms with Crippen molar-refractivity contribution in [3.63, 3.8) is 0 Å². The standard InChI is InChI=1S/C11H9ClN4OS/c12-8-5-9(17)16(6-8)11-15-14-10(18-11)7-1-3-13-4-2-7/h1-4,8H,5-6H2. The van der Waals surface area contributed by atoms with E-state index in [-0.39, 0.29) is 11.3 Å². The number of hydrogen-bond donors (Lipinski definition) is 0. The molecular formula is C11H9ClN4OS. The van der Waals surface area contributed by atoms with Crippen molar-refractivity contribution < 1.29 is 4.79 Å². The van der Waals surface area contributed by atoms with Crippen molar-refractivity contribution in [2.45, 2.75) is 11.8 Å². The average Bonchev–Trinajstić information content (AvgIpc) is 2.97. The first-order chi connectivity index (χ1) is 8.74. The molecular weight excluding hydrogens is 272 g/mol. The van der Waals surface area contributed by atoms with E-state index < -0.39 is 0 Å². The molecule has 2 aromatic rings. The number of hydrogen-bond acceptors (Lipinski definition) is 5. The molecule has 0 radical (unpaired) electrons. The molecule has 18 heavy (non-hydrogen) atoms. The van der Waals surface area contributed by atoms with E-state index in [9.17, 15) is 4.79 Å². The fourth-order valence-corrected chi connectivity index (χ4v) is 2.93. The maximum absolute atomic E-state index is 11.7. The topological polar surface area (TPSA) is 59.0 Å². The fourth-order valence-electron chi connectivity index (χ4n) is 1.78. The number of pyridine rings is 1. The molecule has 1 unspecified atom stereocenters. The highest BCUT2D eigenvalue weighted by Crippen LogP contribution is 2.31. The highest BCUT2D eigenvalue weighted by molar-refractivity contribution is 7.18. The van der Waals surface area contributed by atoms with Crippen molar-refractivity contribution >= 4 is 34.0 Å². The van der Waals surface area contributed by atoms with Gasteiger partial charge in [-0.25, -0.2) is 0 Å². The second-order valence-electron chi connectivity index (χ2n) is 3.93. The first-order valence-corrected chi connectivity index (χ1v) is 6.67. The summed E-state index contributed by atoms with van der Waals surface area (Å²) in [4.78, 5) is 17.3. The lowest BCUT2D eigenvalue weighted by Crippen LogP contribution is -2.24. The van der Waals surface area contributed by atoms with Gasteiger partial charge in [0, 0.05) is 30.9 Å². The van der Waals surface area contributed by atoms with Crippen LogP contribution in [-0.4, -0.2) is 33.0 Å². The number of amides is 1. The van der Waals surface area contributed by atoms with Crippen LogP contribution < -0.4 is 4.90 Å². The van der Waals surface area contributed by atoms with Crippen molar-refractivity contribution in [2.24, 2.45) is 0 Å².